The highest BCUT2D eigenvalue weighted by molar-refractivity contribution is 7.12. The molecule has 0 aliphatic carbocycles. The molecule has 1 heterocycles. The zero-order valence-corrected chi connectivity index (χ0v) is 13.2. The smallest absolute Gasteiger partial charge is 0.162 e. The van der Waals surface area contributed by atoms with E-state index in [-0.39, 0.29) is 0 Å². The number of hydrogen-bond acceptors (Lipinski definition) is 3. The quantitative estimate of drug-likeness (QED) is 0.853. The highest BCUT2D eigenvalue weighted by atomic mass is 32.1. The van der Waals surface area contributed by atoms with E-state index in [1.54, 1.807) is 11.3 Å². The number of aryl methyl sites for hydroxylation is 1. The summed E-state index contributed by atoms with van der Waals surface area (Å²) in [5.74, 6) is -1.42. The molecule has 2 aromatic rings. The van der Waals surface area contributed by atoms with Crippen LogP contribution in [0.15, 0.2) is 24.3 Å². The first-order valence-electron chi connectivity index (χ1n) is 6.85. The van der Waals surface area contributed by atoms with Gasteiger partial charge in [0, 0.05) is 34.0 Å². The molecule has 0 aliphatic heterocycles. The van der Waals surface area contributed by atoms with E-state index < -0.39 is 11.6 Å². The Kier molecular flexibility index (Phi) is 5.31. The fourth-order valence-electron chi connectivity index (χ4n) is 1.85. The number of ether oxygens (including phenoxy) is 1. The van der Waals surface area contributed by atoms with Gasteiger partial charge in [0.15, 0.2) is 11.6 Å². The van der Waals surface area contributed by atoms with Crippen LogP contribution in [0.1, 0.15) is 29.2 Å². The number of hydrogen-bond donors (Lipinski definition) is 1. The van der Waals surface area contributed by atoms with Crippen molar-refractivity contribution in [2.45, 2.75) is 40.0 Å². The predicted octanol–water partition coefficient (Wildman–Crippen LogP) is 4.41. The summed E-state index contributed by atoms with van der Waals surface area (Å²) in [5.41, 5.74) is 1.07. The first-order chi connectivity index (χ1) is 9.95. The summed E-state index contributed by atoms with van der Waals surface area (Å²) in [5, 5.41) is 3.37. The summed E-state index contributed by atoms with van der Waals surface area (Å²) in [6.07, 6.45) is 0. The standard InChI is InChI=1S/C16H19F2NOS/c1-10(2)19-8-14-6-12(11(3)21-14)9-20-13-4-5-15(17)16(18)7-13/h4-7,10,19H,8-9H2,1-3H3. The van der Waals surface area contributed by atoms with E-state index >= 15 is 0 Å². The zero-order chi connectivity index (χ0) is 15.4. The van der Waals surface area contributed by atoms with Gasteiger partial charge in [-0.05, 0) is 25.1 Å². The third-order valence-electron chi connectivity index (χ3n) is 3.04. The van der Waals surface area contributed by atoms with E-state index in [0.717, 1.165) is 24.2 Å². The average Bonchev–Trinajstić information content (AvgIpc) is 2.78. The topological polar surface area (TPSA) is 21.3 Å². The summed E-state index contributed by atoms with van der Waals surface area (Å²) in [4.78, 5) is 2.42. The van der Waals surface area contributed by atoms with E-state index in [1.165, 1.54) is 15.8 Å². The average molecular weight is 311 g/mol. The Labute approximate surface area is 127 Å². The van der Waals surface area contributed by atoms with Crippen LogP contribution < -0.4 is 10.1 Å². The van der Waals surface area contributed by atoms with Crippen molar-refractivity contribution >= 4 is 11.3 Å². The normalized spacial score (nSPS) is 11.1. The molecule has 0 saturated heterocycles. The molecule has 0 radical (unpaired) electrons. The maximum absolute atomic E-state index is 13.1. The van der Waals surface area contributed by atoms with Crippen molar-refractivity contribution < 1.29 is 13.5 Å². The zero-order valence-electron chi connectivity index (χ0n) is 12.4. The third-order valence-corrected chi connectivity index (χ3v) is 4.13. The molecule has 21 heavy (non-hydrogen) atoms. The van der Waals surface area contributed by atoms with Gasteiger partial charge in [0.25, 0.3) is 0 Å². The van der Waals surface area contributed by atoms with Crippen LogP contribution >= 0.6 is 11.3 Å². The summed E-state index contributed by atoms with van der Waals surface area (Å²) < 4.78 is 31.5. The molecule has 0 atom stereocenters. The minimum atomic E-state index is -0.892. The Bertz CT molecular complexity index is 610. The molecule has 1 N–H and O–H groups in total. The van der Waals surface area contributed by atoms with Crippen LogP contribution in [0, 0.1) is 18.6 Å². The Balaban J connectivity index is 1.97. The Morgan fingerprint density at radius 1 is 1.19 bits per heavy atom. The molecule has 114 valence electrons. The van der Waals surface area contributed by atoms with Crippen LogP contribution in [0.3, 0.4) is 0 Å². The molecular formula is C16H19F2NOS. The minimum Gasteiger partial charge on any atom is -0.489 e. The van der Waals surface area contributed by atoms with Gasteiger partial charge in [0.05, 0.1) is 0 Å². The lowest BCUT2D eigenvalue weighted by molar-refractivity contribution is 0.303. The minimum absolute atomic E-state index is 0.335. The number of rotatable bonds is 6. The van der Waals surface area contributed by atoms with E-state index in [4.69, 9.17) is 4.74 Å². The molecule has 1 aromatic heterocycles. The van der Waals surface area contributed by atoms with Crippen molar-refractivity contribution in [2.75, 3.05) is 0 Å². The Morgan fingerprint density at radius 2 is 1.95 bits per heavy atom. The Hall–Kier alpha value is -1.46. The second-order valence-corrected chi connectivity index (χ2v) is 6.54. The predicted molar refractivity (Wildman–Crippen MR) is 81.7 cm³/mol. The summed E-state index contributed by atoms with van der Waals surface area (Å²) in [7, 11) is 0. The van der Waals surface area contributed by atoms with E-state index in [2.05, 4.69) is 25.2 Å². The van der Waals surface area contributed by atoms with Gasteiger partial charge >= 0.3 is 0 Å². The van der Waals surface area contributed by atoms with Gasteiger partial charge in [-0.15, -0.1) is 11.3 Å². The lowest BCUT2D eigenvalue weighted by atomic mass is 10.2. The molecule has 0 bridgehead atoms. The third kappa shape index (κ3) is 4.51. The molecule has 5 heteroatoms. The molecule has 1 aromatic carbocycles. The van der Waals surface area contributed by atoms with Gasteiger partial charge < -0.3 is 10.1 Å². The Morgan fingerprint density at radius 3 is 2.62 bits per heavy atom. The number of benzene rings is 1. The van der Waals surface area contributed by atoms with Crippen LogP contribution in [0.25, 0.3) is 0 Å². The maximum atomic E-state index is 13.1. The largest absolute Gasteiger partial charge is 0.489 e. The van der Waals surface area contributed by atoms with Gasteiger partial charge in [0.1, 0.15) is 12.4 Å². The fraction of sp³-hybridized carbons (Fsp3) is 0.375. The molecule has 0 fully saturated rings. The highest BCUT2D eigenvalue weighted by Gasteiger charge is 2.08. The maximum Gasteiger partial charge on any atom is 0.162 e. The van der Waals surface area contributed by atoms with E-state index in [0.29, 0.717) is 18.4 Å². The van der Waals surface area contributed by atoms with Crippen molar-refractivity contribution in [3.8, 4) is 5.75 Å². The van der Waals surface area contributed by atoms with E-state index in [1.807, 2.05) is 6.92 Å². The molecule has 0 aliphatic rings. The summed E-state index contributed by atoms with van der Waals surface area (Å²) in [6.45, 7) is 7.43. The van der Waals surface area contributed by atoms with Crippen LogP contribution in [0.5, 0.6) is 5.75 Å². The van der Waals surface area contributed by atoms with E-state index in [9.17, 15) is 8.78 Å². The van der Waals surface area contributed by atoms with Crippen molar-refractivity contribution in [1.29, 1.82) is 0 Å². The molecule has 2 nitrogen and oxygen atoms in total. The second-order valence-electron chi connectivity index (χ2n) is 5.19. The number of thiophene rings is 1. The van der Waals surface area contributed by atoms with Crippen molar-refractivity contribution in [3.05, 3.63) is 51.2 Å². The van der Waals surface area contributed by atoms with Gasteiger partial charge in [-0.3, -0.25) is 0 Å². The van der Waals surface area contributed by atoms with Gasteiger partial charge in [-0.2, -0.15) is 0 Å². The van der Waals surface area contributed by atoms with Crippen LogP contribution in [-0.2, 0) is 13.2 Å². The lowest BCUT2D eigenvalue weighted by Crippen LogP contribution is -2.21. The van der Waals surface area contributed by atoms with Crippen molar-refractivity contribution in [1.82, 2.24) is 5.32 Å². The number of halogens is 2. The first kappa shape index (κ1) is 15.9. The molecule has 2 rings (SSSR count). The molecule has 0 unspecified atom stereocenters. The fourth-order valence-corrected chi connectivity index (χ4v) is 2.85. The second kappa shape index (κ2) is 7.00. The van der Waals surface area contributed by atoms with Crippen LogP contribution in [-0.4, -0.2) is 6.04 Å². The van der Waals surface area contributed by atoms with Crippen LogP contribution in [0.2, 0.25) is 0 Å². The van der Waals surface area contributed by atoms with Crippen molar-refractivity contribution in [2.24, 2.45) is 0 Å². The van der Waals surface area contributed by atoms with Gasteiger partial charge in [-0.1, -0.05) is 13.8 Å². The van der Waals surface area contributed by atoms with Gasteiger partial charge in [0.2, 0.25) is 0 Å². The van der Waals surface area contributed by atoms with Crippen molar-refractivity contribution in [3.63, 3.8) is 0 Å². The molecule has 0 spiro atoms. The molecule has 0 amide bonds. The SMILES string of the molecule is Cc1sc(CNC(C)C)cc1COc1ccc(F)c(F)c1. The molecule has 0 saturated carbocycles. The highest BCUT2D eigenvalue weighted by Crippen LogP contribution is 2.24. The van der Waals surface area contributed by atoms with Gasteiger partial charge in [-0.25, -0.2) is 8.78 Å². The summed E-state index contributed by atoms with van der Waals surface area (Å²) >= 11 is 1.72. The monoisotopic (exact) mass is 311 g/mol. The summed E-state index contributed by atoms with van der Waals surface area (Å²) in [6, 6.07) is 6.10. The lowest BCUT2D eigenvalue weighted by Gasteiger charge is -2.06. The first-order valence-corrected chi connectivity index (χ1v) is 7.66. The van der Waals surface area contributed by atoms with Crippen LogP contribution in [0.4, 0.5) is 8.78 Å². The molecular weight excluding hydrogens is 292 g/mol. The number of nitrogens with one attached hydrogen (secondary N) is 1.